The molecule has 0 spiro atoms. The molecule has 1 N–H and O–H groups in total. The monoisotopic (exact) mass is 298 g/mol. The first kappa shape index (κ1) is 14.5. The van der Waals surface area contributed by atoms with Gasteiger partial charge < -0.3 is 10.1 Å². The van der Waals surface area contributed by atoms with Crippen molar-refractivity contribution in [1.29, 1.82) is 0 Å². The quantitative estimate of drug-likeness (QED) is 0.880. The van der Waals surface area contributed by atoms with Crippen LogP contribution in [0.5, 0.6) is 0 Å². The van der Waals surface area contributed by atoms with Gasteiger partial charge >= 0.3 is 5.97 Å². The van der Waals surface area contributed by atoms with Gasteiger partial charge in [0, 0.05) is 17.0 Å². The van der Waals surface area contributed by atoms with E-state index in [1.165, 1.54) is 7.11 Å². The van der Waals surface area contributed by atoms with Crippen molar-refractivity contribution < 1.29 is 14.3 Å². The maximum atomic E-state index is 12.5. The summed E-state index contributed by atoms with van der Waals surface area (Å²) < 4.78 is 4.64. The molecule has 1 aromatic carbocycles. The molecule has 1 aromatic heterocycles. The molecule has 0 aliphatic heterocycles. The molecule has 0 unspecified atom stereocenters. The zero-order valence-electron chi connectivity index (χ0n) is 12.6. The number of fused-ring (bicyclic) bond motifs is 1. The third-order valence-corrected chi connectivity index (χ3v) is 3.88. The van der Waals surface area contributed by atoms with E-state index in [0.29, 0.717) is 11.5 Å². The number of ether oxygens (including phenoxy) is 1. The average Bonchev–Trinajstić information content (AvgIpc) is 3.37. The lowest BCUT2D eigenvalue weighted by molar-refractivity contribution is -0.142. The van der Waals surface area contributed by atoms with Crippen molar-refractivity contribution in [2.75, 3.05) is 7.11 Å². The Balaban J connectivity index is 1.97. The second-order valence-corrected chi connectivity index (χ2v) is 5.60. The summed E-state index contributed by atoms with van der Waals surface area (Å²) in [7, 11) is 1.30. The first-order chi connectivity index (χ1) is 10.6. The highest BCUT2D eigenvalue weighted by Gasteiger charge is 2.27. The lowest BCUT2D eigenvalue weighted by Gasteiger charge is -2.13. The molecule has 0 saturated heterocycles. The summed E-state index contributed by atoms with van der Waals surface area (Å²) in [6, 6.07) is 8.72. The molecule has 3 rings (SSSR count). The van der Waals surface area contributed by atoms with Crippen LogP contribution in [0.2, 0.25) is 0 Å². The first-order valence-electron chi connectivity index (χ1n) is 7.38. The number of methoxy groups -OCH3 is 1. The fourth-order valence-electron chi connectivity index (χ4n) is 2.48. The Labute approximate surface area is 128 Å². The van der Waals surface area contributed by atoms with E-state index in [2.05, 4.69) is 15.0 Å². The lowest BCUT2D eigenvalue weighted by atomic mass is 10.0. The minimum Gasteiger partial charge on any atom is -0.467 e. The SMILES string of the molecule is COC(=O)[C@@H](C)NC(=O)c1cc(C2CC2)nc2ccccc12. The van der Waals surface area contributed by atoms with Crippen molar-refractivity contribution >= 4 is 22.8 Å². The zero-order chi connectivity index (χ0) is 15.7. The van der Waals surface area contributed by atoms with Crippen molar-refractivity contribution in [3.05, 3.63) is 41.6 Å². The molecule has 1 aliphatic carbocycles. The van der Waals surface area contributed by atoms with Gasteiger partial charge in [0.25, 0.3) is 5.91 Å². The summed E-state index contributed by atoms with van der Waals surface area (Å²) in [6.45, 7) is 1.61. The first-order valence-corrected chi connectivity index (χ1v) is 7.38. The minimum atomic E-state index is -0.686. The molecule has 1 fully saturated rings. The number of amides is 1. The van der Waals surface area contributed by atoms with Crippen LogP contribution in [0, 0.1) is 0 Å². The zero-order valence-corrected chi connectivity index (χ0v) is 12.6. The Kier molecular flexibility index (Phi) is 3.79. The third kappa shape index (κ3) is 2.79. The highest BCUT2D eigenvalue weighted by Crippen LogP contribution is 2.40. The van der Waals surface area contributed by atoms with E-state index < -0.39 is 12.0 Å². The van der Waals surface area contributed by atoms with Crippen LogP contribution in [0.1, 0.15) is 41.7 Å². The molecular formula is C17H18N2O3. The van der Waals surface area contributed by atoms with Gasteiger partial charge in [-0.15, -0.1) is 0 Å². The number of carbonyl (C=O) groups is 2. The smallest absolute Gasteiger partial charge is 0.328 e. The van der Waals surface area contributed by atoms with E-state index >= 15 is 0 Å². The van der Waals surface area contributed by atoms with Crippen molar-refractivity contribution in [3.8, 4) is 0 Å². The fourth-order valence-corrected chi connectivity index (χ4v) is 2.48. The molecule has 22 heavy (non-hydrogen) atoms. The third-order valence-electron chi connectivity index (χ3n) is 3.88. The van der Waals surface area contributed by atoms with Crippen LogP contribution in [0.4, 0.5) is 0 Å². The number of esters is 1. The summed E-state index contributed by atoms with van der Waals surface area (Å²) in [4.78, 5) is 28.7. The number of hydrogen-bond donors (Lipinski definition) is 1. The van der Waals surface area contributed by atoms with Crippen LogP contribution in [0.25, 0.3) is 10.9 Å². The standard InChI is InChI=1S/C17H18N2O3/c1-10(17(21)22-2)18-16(20)13-9-15(11-7-8-11)19-14-6-4-3-5-12(13)14/h3-6,9-11H,7-8H2,1-2H3,(H,18,20)/t10-/m1/s1. The van der Waals surface area contributed by atoms with E-state index in [-0.39, 0.29) is 5.91 Å². The van der Waals surface area contributed by atoms with E-state index in [1.54, 1.807) is 6.92 Å². The van der Waals surface area contributed by atoms with E-state index in [4.69, 9.17) is 0 Å². The molecular weight excluding hydrogens is 280 g/mol. The van der Waals surface area contributed by atoms with Gasteiger partial charge in [0.2, 0.25) is 0 Å². The molecule has 0 radical (unpaired) electrons. The maximum Gasteiger partial charge on any atom is 0.328 e. The molecule has 114 valence electrons. The predicted molar refractivity (Wildman–Crippen MR) is 82.7 cm³/mol. The Morgan fingerprint density at radius 3 is 2.73 bits per heavy atom. The van der Waals surface area contributed by atoms with Gasteiger partial charge in [-0.05, 0) is 31.9 Å². The highest BCUT2D eigenvalue weighted by molar-refractivity contribution is 6.07. The average molecular weight is 298 g/mol. The number of nitrogens with zero attached hydrogens (tertiary/aromatic N) is 1. The number of rotatable bonds is 4. The van der Waals surface area contributed by atoms with Gasteiger partial charge in [0.05, 0.1) is 18.2 Å². The summed E-state index contributed by atoms with van der Waals surface area (Å²) in [5.74, 6) is -0.290. The van der Waals surface area contributed by atoms with Gasteiger partial charge in [-0.3, -0.25) is 9.78 Å². The second kappa shape index (κ2) is 5.75. The second-order valence-electron chi connectivity index (χ2n) is 5.60. The molecule has 1 aliphatic rings. The molecule has 1 atom stereocenters. The molecule has 2 aromatic rings. The van der Waals surface area contributed by atoms with Crippen molar-refractivity contribution in [2.45, 2.75) is 31.7 Å². The largest absolute Gasteiger partial charge is 0.467 e. The van der Waals surface area contributed by atoms with Gasteiger partial charge in [0.15, 0.2) is 0 Å². The van der Waals surface area contributed by atoms with Gasteiger partial charge in [0.1, 0.15) is 6.04 Å². The van der Waals surface area contributed by atoms with Gasteiger partial charge in [-0.2, -0.15) is 0 Å². The van der Waals surface area contributed by atoms with Gasteiger partial charge in [-0.1, -0.05) is 18.2 Å². The van der Waals surface area contributed by atoms with E-state index in [9.17, 15) is 9.59 Å². The number of carbonyl (C=O) groups excluding carboxylic acids is 2. The lowest BCUT2D eigenvalue weighted by Crippen LogP contribution is -2.39. The number of para-hydroxylation sites is 1. The minimum absolute atomic E-state index is 0.279. The Morgan fingerprint density at radius 2 is 2.05 bits per heavy atom. The van der Waals surface area contributed by atoms with Crippen molar-refractivity contribution in [3.63, 3.8) is 0 Å². The summed E-state index contributed by atoms with van der Waals surface area (Å²) >= 11 is 0. The van der Waals surface area contributed by atoms with E-state index in [0.717, 1.165) is 29.4 Å². The van der Waals surface area contributed by atoms with Crippen LogP contribution < -0.4 is 5.32 Å². The molecule has 5 heteroatoms. The number of pyridine rings is 1. The van der Waals surface area contributed by atoms with Crippen LogP contribution in [0.15, 0.2) is 30.3 Å². The van der Waals surface area contributed by atoms with Crippen LogP contribution in [-0.4, -0.2) is 30.0 Å². The summed E-state index contributed by atoms with van der Waals surface area (Å²) in [6.07, 6.45) is 2.23. The van der Waals surface area contributed by atoms with Crippen molar-refractivity contribution in [2.24, 2.45) is 0 Å². The Bertz CT molecular complexity index is 738. The van der Waals surface area contributed by atoms with Crippen LogP contribution in [0.3, 0.4) is 0 Å². The fraction of sp³-hybridized carbons (Fsp3) is 0.353. The molecule has 1 saturated carbocycles. The summed E-state index contributed by atoms with van der Waals surface area (Å²) in [5, 5.41) is 3.48. The summed E-state index contributed by atoms with van der Waals surface area (Å²) in [5.41, 5.74) is 2.32. The Hall–Kier alpha value is -2.43. The molecule has 1 amide bonds. The molecule has 5 nitrogen and oxygen atoms in total. The molecule has 1 heterocycles. The topological polar surface area (TPSA) is 68.3 Å². The Morgan fingerprint density at radius 1 is 1.32 bits per heavy atom. The number of hydrogen-bond acceptors (Lipinski definition) is 4. The predicted octanol–water partition coefficient (Wildman–Crippen LogP) is 2.40. The van der Waals surface area contributed by atoms with E-state index in [1.807, 2.05) is 30.3 Å². The number of aromatic nitrogens is 1. The highest BCUT2D eigenvalue weighted by atomic mass is 16.5. The van der Waals surface area contributed by atoms with Crippen LogP contribution >= 0.6 is 0 Å². The van der Waals surface area contributed by atoms with Crippen LogP contribution in [-0.2, 0) is 9.53 Å². The number of nitrogens with one attached hydrogen (secondary N) is 1. The number of benzene rings is 1. The molecule has 0 bridgehead atoms. The van der Waals surface area contributed by atoms with Crippen molar-refractivity contribution in [1.82, 2.24) is 10.3 Å². The van der Waals surface area contributed by atoms with Gasteiger partial charge in [-0.25, -0.2) is 4.79 Å². The normalized spacial score (nSPS) is 15.4. The maximum absolute atomic E-state index is 12.5.